The van der Waals surface area contributed by atoms with Gasteiger partial charge < -0.3 is 4.90 Å². The van der Waals surface area contributed by atoms with E-state index in [0.717, 1.165) is 51.6 Å². The number of rotatable bonds is 10. The van der Waals surface area contributed by atoms with Gasteiger partial charge in [0.15, 0.2) is 0 Å². The maximum absolute atomic E-state index is 5.10. The summed E-state index contributed by atoms with van der Waals surface area (Å²) in [6.45, 7) is 2.32. The number of fused-ring (bicyclic) bond motifs is 1. The molecule has 0 fully saturated rings. The molecule has 0 amide bonds. The Morgan fingerprint density at radius 2 is 0.967 bits per heavy atom. The fourth-order valence-corrected chi connectivity index (χ4v) is 8.93. The summed E-state index contributed by atoms with van der Waals surface area (Å²) in [4.78, 5) is 7.42. The molecule has 60 heavy (non-hydrogen) atoms. The number of pyridine rings is 1. The fourth-order valence-electron chi connectivity index (χ4n) is 8.93. The standard InChI is InChI=1S/C57H45N3/c1-2-52-53(44-17-7-3-8-18-44)39-48(40-54(52)45-19-9-4-10-20-45)43-28-26-41(27-29-43)42-30-34-50(35-31-42)60(49-23-13-6-14-24-49)51-36-32-46(33-37-51)56-57(47-21-11-5-12-22-47)59-38-16-15-25-55(59)58-56/h3-40,52-53H,2H2,1H3. The second-order valence-electron chi connectivity index (χ2n) is 15.5. The predicted molar refractivity (Wildman–Crippen MR) is 252 cm³/mol. The predicted octanol–water partition coefficient (Wildman–Crippen LogP) is 15.1. The van der Waals surface area contributed by atoms with E-state index in [1.807, 2.05) is 6.07 Å². The average molecular weight is 772 g/mol. The highest BCUT2D eigenvalue weighted by molar-refractivity contribution is 5.89. The molecule has 10 rings (SSSR count). The van der Waals surface area contributed by atoms with E-state index in [1.54, 1.807) is 0 Å². The molecule has 2 aromatic heterocycles. The molecule has 0 aliphatic heterocycles. The highest BCUT2D eigenvalue weighted by Crippen LogP contribution is 2.45. The molecule has 0 saturated heterocycles. The van der Waals surface area contributed by atoms with Gasteiger partial charge in [0.2, 0.25) is 0 Å². The summed E-state index contributed by atoms with van der Waals surface area (Å²) in [5, 5.41) is 0. The van der Waals surface area contributed by atoms with Crippen LogP contribution < -0.4 is 4.90 Å². The van der Waals surface area contributed by atoms with Gasteiger partial charge in [-0.05, 0) is 99.8 Å². The number of aromatic nitrogens is 2. The zero-order valence-corrected chi connectivity index (χ0v) is 33.6. The van der Waals surface area contributed by atoms with Gasteiger partial charge in [0.05, 0.1) is 11.4 Å². The van der Waals surface area contributed by atoms with Crippen LogP contribution in [0.2, 0.25) is 0 Å². The minimum atomic E-state index is 0.306. The van der Waals surface area contributed by atoms with Crippen LogP contribution in [0.15, 0.2) is 231 Å². The van der Waals surface area contributed by atoms with Crippen molar-refractivity contribution in [2.45, 2.75) is 19.3 Å². The topological polar surface area (TPSA) is 20.5 Å². The number of para-hydroxylation sites is 1. The van der Waals surface area contributed by atoms with Gasteiger partial charge >= 0.3 is 0 Å². The second kappa shape index (κ2) is 16.4. The molecule has 2 atom stereocenters. The minimum absolute atomic E-state index is 0.306. The summed E-state index contributed by atoms with van der Waals surface area (Å²) in [6.07, 6.45) is 8.08. The molecular formula is C57H45N3. The maximum atomic E-state index is 5.10. The first kappa shape index (κ1) is 36.8. The van der Waals surface area contributed by atoms with Crippen molar-refractivity contribution in [3.8, 4) is 33.6 Å². The van der Waals surface area contributed by atoms with Gasteiger partial charge in [-0.15, -0.1) is 0 Å². The third-order valence-electron chi connectivity index (χ3n) is 11.9. The third-order valence-corrected chi connectivity index (χ3v) is 11.9. The van der Waals surface area contributed by atoms with E-state index < -0.39 is 0 Å². The second-order valence-corrected chi connectivity index (χ2v) is 15.5. The molecule has 3 nitrogen and oxygen atoms in total. The first-order chi connectivity index (χ1) is 29.7. The summed E-state index contributed by atoms with van der Waals surface area (Å²) in [5.74, 6) is 0.717. The zero-order chi connectivity index (χ0) is 40.3. The molecule has 0 saturated carbocycles. The summed E-state index contributed by atoms with van der Waals surface area (Å²) in [7, 11) is 0. The number of nitrogens with zero attached hydrogens (tertiary/aromatic N) is 3. The van der Waals surface area contributed by atoms with Crippen molar-refractivity contribution in [2.75, 3.05) is 4.90 Å². The SMILES string of the molecule is CCC1C(c2ccccc2)=CC(c2ccc(-c3ccc(N(c4ccccc4)c4ccc(-c5nc6ccccn6c5-c5ccccc5)cc4)cc3)cc2)=CC1c1ccccc1. The fraction of sp³-hybridized carbons (Fsp3) is 0.0702. The Hall–Kier alpha value is -7.49. The van der Waals surface area contributed by atoms with Gasteiger partial charge in [0, 0.05) is 40.3 Å². The summed E-state index contributed by atoms with van der Waals surface area (Å²) in [5.41, 5.74) is 17.4. The molecule has 1 aliphatic rings. The Morgan fingerprint density at radius 3 is 1.58 bits per heavy atom. The molecular weight excluding hydrogens is 727 g/mol. The lowest BCUT2D eigenvalue weighted by Crippen LogP contribution is -2.16. The Balaban J connectivity index is 0.954. The Morgan fingerprint density at radius 1 is 0.467 bits per heavy atom. The van der Waals surface area contributed by atoms with Crippen molar-refractivity contribution in [2.24, 2.45) is 5.92 Å². The number of hydrogen-bond acceptors (Lipinski definition) is 2. The van der Waals surface area contributed by atoms with E-state index >= 15 is 0 Å². The Bertz CT molecular complexity index is 2910. The van der Waals surface area contributed by atoms with Crippen LogP contribution in [0.3, 0.4) is 0 Å². The van der Waals surface area contributed by atoms with Crippen molar-refractivity contribution in [3.05, 3.63) is 247 Å². The number of imidazole rings is 1. The number of benzene rings is 7. The Kier molecular flexibility index (Phi) is 10.1. The van der Waals surface area contributed by atoms with Gasteiger partial charge in [-0.25, -0.2) is 4.98 Å². The molecule has 0 bridgehead atoms. The molecule has 0 N–H and O–H groups in total. The molecule has 288 valence electrons. The lowest BCUT2D eigenvalue weighted by Gasteiger charge is -2.32. The van der Waals surface area contributed by atoms with E-state index in [-0.39, 0.29) is 0 Å². The van der Waals surface area contributed by atoms with Crippen LogP contribution >= 0.6 is 0 Å². The third kappa shape index (κ3) is 7.16. The summed E-state index contributed by atoms with van der Waals surface area (Å²) >= 11 is 0. The molecule has 0 spiro atoms. The molecule has 2 unspecified atom stereocenters. The molecule has 1 aliphatic carbocycles. The smallest absolute Gasteiger partial charge is 0.137 e. The van der Waals surface area contributed by atoms with Crippen molar-refractivity contribution in [1.29, 1.82) is 0 Å². The average Bonchev–Trinajstić information content (AvgIpc) is 3.73. The van der Waals surface area contributed by atoms with Crippen LogP contribution in [0.1, 0.15) is 36.0 Å². The van der Waals surface area contributed by atoms with E-state index in [4.69, 9.17) is 4.98 Å². The van der Waals surface area contributed by atoms with Crippen LogP contribution in [0.4, 0.5) is 17.1 Å². The summed E-state index contributed by atoms with van der Waals surface area (Å²) < 4.78 is 2.18. The van der Waals surface area contributed by atoms with E-state index in [0.29, 0.717) is 11.8 Å². The molecule has 9 aromatic rings. The Labute approximate surface area is 352 Å². The van der Waals surface area contributed by atoms with Gasteiger partial charge in [-0.1, -0.05) is 183 Å². The van der Waals surface area contributed by atoms with E-state index in [1.165, 1.54) is 39.0 Å². The molecule has 0 radical (unpaired) electrons. The highest BCUT2D eigenvalue weighted by Gasteiger charge is 2.29. The molecule has 2 heterocycles. The van der Waals surface area contributed by atoms with Gasteiger partial charge in [0.1, 0.15) is 5.65 Å². The number of hydrogen-bond donors (Lipinski definition) is 0. The van der Waals surface area contributed by atoms with Crippen molar-refractivity contribution >= 4 is 33.9 Å². The molecule has 3 heteroatoms. The highest BCUT2D eigenvalue weighted by atomic mass is 15.1. The lowest BCUT2D eigenvalue weighted by atomic mass is 9.72. The first-order valence-electron chi connectivity index (χ1n) is 20.9. The maximum Gasteiger partial charge on any atom is 0.137 e. The zero-order valence-electron chi connectivity index (χ0n) is 33.6. The van der Waals surface area contributed by atoms with Gasteiger partial charge in [-0.2, -0.15) is 0 Å². The van der Waals surface area contributed by atoms with Crippen LogP contribution in [0.5, 0.6) is 0 Å². The lowest BCUT2D eigenvalue weighted by molar-refractivity contribution is 0.577. The number of allylic oxidation sites excluding steroid dienone is 4. The quantitative estimate of drug-likeness (QED) is 0.138. The van der Waals surface area contributed by atoms with Crippen LogP contribution in [-0.2, 0) is 0 Å². The summed E-state index contributed by atoms with van der Waals surface area (Å²) in [6, 6.07) is 76.0. The van der Waals surface area contributed by atoms with Crippen LogP contribution in [0.25, 0.3) is 50.4 Å². The van der Waals surface area contributed by atoms with Gasteiger partial charge in [0.25, 0.3) is 0 Å². The molecule has 7 aromatic carbocycles. The van der Waals surface area contributed by atoms with E-state index in [9.17, 15) is 0 Å². The van der Waals surface area contributed by atoms with Crippen molar-refractivity contribution in [3.63, 3.8) is 0 Å². The van der Waals surface area contributed by atoms with E-state index in [2.05, 4.69) is 241 Å². The first-order valence-corrected chi connectivity index (χ1v) is 20.9. The minimum Gasteiger partial charge on any atom is -0.311 e. The monoisotopic (exact) mass is 771 g/mol. The van der Waals surface area contributed by atoms with Crippen LogP contribution in [-0.4, -0.2) is 9.38 Å². The van der Waals surface area contributed by atoms with Gasteiger partial charge in [-0.3, -0.25) is 4.40 Å². The van der Waals surface area contributed by atoms with Crippen molar-refractivity contribution in [1.82, 2.24) is 9.38 Å². The largest absolute Gasteiger partial charge is 0.311 e. The van der Waals surface area contributed by atoms with Crippen LogP contribution in [0, 0.1) is 5.92 Å². The number of anilines is 3. The van der Waals surface area contributed by atoms with Crippen molar-refractivity contribution < 1.29 is 0 Å². The normalized spacial score (nSPS) is 15.0.